The van der Waals surface area contributed by atoms with Gasteiger partial charge in [0.2, 0.25) is 0 Å². The van der Waals surface area contributed by atoms with Gasteiger partial charge in [-0.05, 0) is 31.0 Å². The fraction of sp³-hybridized carbons (Fsp3) is 0.429. The number of piperidine rings is 1. The standard InChI is InChI=1S/C14H16N2O3/c1-19-14(18)13-3-2-11(8-10(13)9-15)16-6-4-12(17)5-7-16/h2-3,8,12,17H,4-7H2,1H3. The van der Waals surface area contributed by atoms with Gasteiger partial charge in [-0.15, -0.1) is 0 Å². The van der Waals surface area contributed by atoms with Crippen molar-refractivity contribution in [2.24, 2.45) is 0 Å². The van der Waals surface area contributed by atoms with Crippen LogP contribution in [-0.4, -0.2) is 37.4 Å². The minimum absolute atomic E-state index is 0.235. The molecule has 0 radical (unpaired) electrons. The van der Waals surface area contributed by atoms with E-state index in [9.17, 15) is 9.90 Å². The van der Waals surface area contributed by atoms with E-state index in [4.69, 9.17) is 5.26 Å². The van der Waals surface area contributed by atoms with E-state index >= 15 is 0 Å². The van der Waals surface area contributed by atoms with E-state index in [1.54, 1.807) is 12.1 Å². The molecule has 5 nitrogen and oxygen atoms in total. The topological polar surface area (TPSA) is 73.6 Å². The number of hydrogen-bond acceptors (Lipinski definition) is 5. The quantitative estimate of drug-likeness (QED) is 0.811. The summed E-state index contributed by atoms with van der Waals surface area (Å²) in [6.45, 7) is 1.51. The van der Waals surface area contributed by atoms with Crippen molar-refractivity contribution in [3.05, 3.63) is 29.3 Å². The lowest BCUT2D eigenvalue weighted by Crippen LogP contribution is -2.35. The third kappa shape index (κ3) is 2.85. The minimum Gasteiger partial charge on any atom is -0.465 e. The number of rotatable bonds is 2. The second-order valence-electron chi connectivity index (χ2n) is 4.55. The number of anilines is 1. The summed E-state index contributed by atoms with van der Waals surface area (Å²) < 4.78 is 4.64. The van der Waals surface area contributed by atoms with Gasteiger partial charge in [-0.3, -0.25) is 0 Å². The van der Waals surface area contributed by atoms with Crippen LogP contribution in [0.2, 0.25) is 0 Å². The molecular weight excluding hydrogens is 244 g/mol. The van der Waals surface area contributed by atoms with Crippen LogP contribution in [0.15, 0.2) is 18.2 Å². The van der Waals surface area contributed by atoms with Crippen molar-refractivity contribution in [1.29, 1.82) is 5.26 Å². The second-order valence-corrected chi connectivity index (χ2v) is 4.55. The molecule has 0 aromatic heterocycles. The third-order valence-corrected chi connectivity index (χ3v) is 3.36. The van der Waals surface area contributed by atoms with Gasteiger partial charge in [0.05, 0.1) is 24.3 Å². The number of esters is 1. The molecule has 1 fully saturated rings. The van der Waals surface area contributed by atoms with Crippen LogP contribution in [0.4, 0.5) is 5.69 Å². The van der Waals surface area contributed by atoms with Crippen LogP contribution >= 0.6 is 0 Å². The number of nitrogens with zero attached hydrogens (tertiary/aromatic N) is 2. The molecule has 0 spiro atoms. The molecule has 19 heavy (non-hydrogen) atoms. The first kappa shape index (κ1) is 13.4. The summed E-state index contributed by atoms with van der Waals surface area (Å²) in [5.41, 5.74) is 1.50. The van der Waals surface area contributed by atoms with Crippen molar-refractivity contribution in [3.63, 3.8) is 0 Å². The smallest absolute Gasteiger partial charge is 0.339 e. The Morgan fingerprint density at radius 3 is 2.74 bits per heavy atom. The highest BCUT2D eigenvalue weighted by Gasteiger charge is 2.19. The lowest BCUT2D eigenvalue weighted by molar-refractivity contribution is 0.0600. The van der Waals surface area contributed by atoms with Crippen LogP contribution in [0, 0.1) is 11.3 Å². The molecule has 0 aliphatic carbocycles. The molecule has 100 valence electrons. The van der Waals surface area contributed by atoms with Gasteiger partial charge in [-0.25, -0.2) is 4.79 Å². The van der Waals surface area contributed by atoms with Gasteiger partial charge in [0.1, 0.15) is 6.07 Å². The number of methoxy groups -OCH3 is 1. The fourth-order valence-electron chi connectivity index (χ4n) is 2.23. The molecule has 1 saturated heterocycles. The van der Waals surface area contributed by atoms with Gasteiger partial charge in [0.25, 0.3) is 0 Å². The largest absolute Gasteiger partial charge is 0.465 e. The van der Waals surface area contributed by atoms with Gasteiger partial charge >= 0.3 is 5.97 Å². The number of aliphatic hydroxyl groups excluding tert-OH is 1. The van der Waals surface area contributed by atoms with Gasteiger partial charge in [0, 0.05) is 18.8 Å². The fourth-order valence-corrected chi connectivity index (χ4v) is 2.23. The van der Waals surface area contributed by atoms with Crippen molar-refractivity contribution >= 4 is 11.7 Å². The van der Waals surface area contributed by atoms with E-state index in [1.165, 1.54) is 7.11 Å². The van der Waals surface area contributed by atoms with Gasteiger partial charge in [0.15, 0.2) is 0 Å². The van der Waals surface area contributed by atoms with Crippen LogP contribution < -0.4 is 4.90 Å². The molecule has 1 N–H and O–H groups in total. The molecule has 0 saturated carbocycles. The SMILES string of the molecule is COC(=O)c1ccc(N2CCC(O)CC2)cc1C#N. The van der Waals surface area contributed by atoms with Gasteiger partial charge in [-0.1, -0.05) is 0 Å². The Kier molecular flexibility index (Phi) is 4.03. The molecule has 1 aliphatic rings. The predicted molar refractivity (Wildman–Crippen MR) is 70.0 cm³/mol. The van der Waals surface area contributed by atoms with Gasteiger partial charge < -0.3 is 14.7 Å². The molecule has 5 heteroatoms. The maximum absolute atomic E-state index is 11.5. The summed E-state index contributed by atoms with van der Waals surface area (Å²) in [7, 11) is 1.30. The van der Waals surface area contributed by atoms with Crippen LogP contribution in [0.3, 0.4) is 0 Å². The summed E-state index contributed by atoms with van der Waals surface area (Å²) in [5.74, 6) is -0.503. The molecule has 0 bridgehead atoms. The second kappa shape index (κ2) is 5.72. The van der Waals surface area contributed by atoms with Crippen molar-refractivity contribution in [3.8, 4) is 6.07 Å². The monoisotopic (exact) mass is 260 g/mol. The first-order valence-electron chi connectivity index (χ1n) is 6.21. The van der Waals surface area contributed by atoms with Crippen molar-refractivity contribution in [2.75, 3.05) is 25.1 Å². The first-order valence-corrected chi connectivity index (χ1v) is 6.21. The highest BCUT2D eigenvalue weighted by Crippen LogP contribution is 2.23. The van der Waals surface area contributed by atoms with Crippen LogP contribution in [0.1, 0.15) is 28.8 Å². The van der Waals surface area contributed by atoms with Crippen molar-refractivity contribution in [1.82, 2.24) is 0 Å². The Morgan fingerprint density at radius 2 is 2.16 bits per heavy atom. The summed E-state index contributed by atoms with van der Waals surface area (Å²) >= 11 is 0. The lowest BCUT2D eigenvalue weighted by atomic mass is 10.0. The van der Waals surface area contributed by atoms with E-state index < -0.39 is 5.97 Å². The number of aliphatic hydroxyl groups is 1. The third-order valence-electron chi connectivity index (χ3n) is 3.36. The van der Waals surface area contributed by atoms with E-state index in [-0.39, 0.29) is 11.7 Å². The first-order chi connectivity index (χ1) is 9.15. The zero-order chi connectivity index (χ0) is 13.8. The van der Waals surface area contributed by atoms with Crippen LogP contribution in [0.5, 0.6) is 0 Å². The number of carbonyl (C=O) groups excluding carboxylic acids is 1. The molecule has 0 amide bonds. The maximum atomic E-state index is 11.5. The summed E-state index contributed by atoms with van der Waals surface area (Å²) in [4.78, 5) is 13.6. The highest BCUT2D eigenvalue weighted by molar-refractivity contribution is 5.92. The normalized spacial score (nSPS) is 15.9. The van der Waals surface area contributed by atoms with Crippen LogP contribution in [-0.2, 0) is 4.74 Å². The molecule has 1 heterocycles. The molecule has 0 atom stereocenters. The Bertz CT molecular complexity index is 514. The average molecular weight is 260 g/mol. The lowest BCUT2D eigenvalue weighted by Gasteiger charge is -2.31. The zero-order valence-corrected chi connectivity index (χ0v) is 10.8. The number of nitriles is 1. The summed E-state index contributed by atoms with van der Waals surface area (Å²) in [5, 5.41) is 18.6. The molecular formula is C14H16N2O3. The van der Waals surface area contributed by atoms with E-state index in [0.29, 0.717) is 5.56 Å². The zero-order valence-electron chi connectivity index (χ0n) is 10.8. The highest BCUT2D eigenvalue weighted by atomic mass is 16.5. The van der Waals surface area contributed by atoms with Crippen molar-refractivity contribution in [2.45, 2.75) is 18.9 Å². The number of hydrogen-bond donors (Lipinski definition) is 1. The number of carbonyl (C=O) groups is 1. The maximum Gasteiger partial charge on any atom is 0.339 e. The Balaban J connectivity index is 2.25. The van der Waals surface area contributed by atoms with Gasteiger partial charge in [-0.2, -0.15) is 5.26 Å². The molecule has 2 rings (SSSR count). The molecule has 1 aromatic rings. The number of ether oxygens (including phenoxy) is 1. The van der Waals surface area contributed by atoms with Crippen LogP contribution in [0.25, 0.3) is 0 Å². The minimum atomic E-state index is -0.503. The van der Waals surface area contributed by atoms with E-state index in [0.717, 1.165) is 31.6 Å². The Hall–Kier alpha value is -2.06. The Morgan fingerprint density at radius 1 is 1.47 bits per heavy atom. The average Bonchev–Trinajstić information content (AvgIpc) is 2.46. The summed E-state index contributed by atoms with van der Waals surface area (Å²) in [6.07, 6.45) is 1.21. The van der Waals surface area contributed by atoms with Crippen molar-refractivity contribution < 1.29 is 14.6 Å². The predicted octanol–water partition coefficient (Wildman–Crippen LogP) is 1.31. The van der Waals surface area contributed by atoms with E-state index in [1.807, 2.05) is 12.1 Å². The molecule has 1 aromatic carbocycles. The summed E-state index contributed by atoms with van der Waals surface area (Å²) in [6, 6.07) is 7.15. The van der Waals surface area contributed by atoms with E-state index in [2.05, 4.69) is 9.64 Å². The number of benzene rings is 1. The molecule has 0 unspecified atom stereocenters. The Labute approximate surface area is 112 Å². The molecule has 1 aliphatic heterocycles.